The number of aromatic nitrogens is 1. The number of hydrogen-bond donors (Lipinski definition) is 1. The maximum absolute atomic E-state index is 6.14. The number of pyridine rings is 1. The zero-order valence-corrected chi connectivity index (χ0v) is 14.1. The second kappa shape index (κ2) is 7.81. The minimum atomic E-state index is 0.560. The van der Waals surface area contributed by atoms with Crippen LogP contribution in [-0.2, 0) is 6.54 Å². The predicted molar refractivity (Wildman–Crippen MR) is 90.5 cm³/mol. The van der Waals surface area contributed by atoms with Crippen molar-refractivity contribution >= 4 is 34.2 Å². The fourth-order valence-electron chi connectivity index (χ4n) is 1.68. The van der Waals surface area contributed by atoms with E-state index in [2.05, 4.69) is 39.8 Å². The Hall–Kier alpha value is -0.850. The monoisotopic (exact) mass is 402 g/mol. The lowest BCUT2D eigenvalue weighted by Gasteiger charge is -2.09. The van der Waals surface area contributed by atoms with E-state index in [1.807, 2.05) is 30.3 Å². The summed E-state index contributed by atoms with van der Waals surface area (Å²) < 4.78 is 6.88. The van der Waals surface area contributed by atoms with Gasteiger partial charge in [0, 0.05) is 16.2 Å². The number of hydrogen-bond acceptors (Lipinski definition) is 3. The average molecular weight is 403 g/mol. The van der Waals surface area contributed by atoms with E-state index in [4.69, 9.17) is 16.3 Å². The molecule has 0 amide bonds. The molecule has 0 aliphatic carbocycles. The first-order valence-electron chi connectivity index (χ1n) is 6.48. The summed E-state index contributed by atoms with van der Waals surface area (Å²) in [5.74, 6) is 1.34. The van der Waals surface area contributed by atoms with Crippen molar-refractivity contribution in [1.82, 2.24) is 10.3 Å². The number of ether oxygens (including phenoxy) is 1. The highest BCUT2D eigenvalue weighted by atomic mass is 127. The molecule has 1 aromatic heterocycles. The van der Waals surface area contributed by atoms with Crippen molar-refractivity contribution < 1.29 is 4.74 Å². The third kappa shape index (κ3) is 4.61. The van der Waals surface area contributed by atoms with E-state index < -0.39 is 0 Å². The van der Waals surface area contributed by atoms with Crippen LogP contribution in [0.1, 0.15) is 19.0 Å². The van der Waals surface area contributed by atoms with Crippen molar-refractivity contribution in [1.29, 1.82) is 0 Å². The highest BCUT2D eigenvalue weighted by Crippen LogP contribution is 2.24. The van der Waals surface area contributed by atoms with Crippen LogP contribution in [0.15, 0.2) is 36.4 Å². The summed E-state index contributed by atoms with van der Waals surface area (Å²) >= 11 is 8.40. The van der Waals surface area contributed by atoms with Crippen molar-refractivity contribution in [3.05, 3.63) is 50.7 Å². The molecule has 0 fully saturated rings. The molecule has 0 saturated heterocycles. The predicted octanol–water partition coefficient (Wildman–Crippen LogP) is 4.63. The van der Waals surface area contributed by atoms with E-state index in [9.17, 15) is 0 Å². The normalized spacial score (nSPS) is 10.6. The molecule has 0 unspecified atom stereocenters. The lowest BCUT2D eigenvalue weighted by atomic mass is 10.3. The Balaban J connectivity index is 2.10. The van der Waals surface area contributed by atoms with Crippen molar-refractivity contribution in [3.8, 4) is 11.6 Å². The molecule has 0 aliphatic rings. The first-order valence-corrected chi connectivity index (χ1v) is 7.94. The van der Waals surface area contributed by atoms with Gasteiger partial charge in [0.15, 0.2) is 0 Å². The third-order valence-electron chi connectivity index (χ3n) is 2.63. The second-order valence-corrected chi connectivity index (χ2v) is 5.97. The fraction of sp³-hybridized carbons (Fsp3) is 0.267. The molecule has 1 N–H and O–H groups in total. The van der Waals surface area contributed by atoms with Gasteiger partial charge in [0.1, 0.15) is 5.75 Å². The number of nitrogens with zero attached hydrogens (tertiary/aromatic N) is 1. The van der Waals surface area contributed by atoms with E-state index >= 15 is 0 Å². The first-order chi connectivity index (χ1) is 9.69. The Kier molecular flexibility index (Phi) is 6.06. The number of halogens is 2. The molecular weight excluding hydrogens is 387 g/mol. The van der Waals surface area contributed by atoms with E-state index in [-0.39, 0.29) is 0 Å². The molecular formula is C15H16ClIN2O. The largest absolute Gasteiger partial charge is 0.439 e. The summed E-state index contributed by atoms with van der Waals surface area (Å²) in [7, 11) is 0. The maximum Gasteiger partial charge on any atom is 0.219 e. The van der Waals surface area contributed by atoms with Gasteiger partial charge in [-0.15, -0.1) is 0 Å². The Bertz CT molecular complexity index is 578. The SMILES string of the molecule is CCCNCc1nc(Oc2cccc(I)c2)ccc1Cl. The Labute approximate surface area is 137 Å². The van der Waals surface area contributed by atoms with Gasteiger partial charge in [0.05, 0.1) is 10.7 Å². The van der Waals surface area contributed by atoms with Crippen LogP contribution in [-0.4, -0.2) is 11.5 Å². The molecule has 0 bridgehead atoms. The van der Waals surface area contributed by atoms with Crippen LogP contribution in [0.2, 0.25) is 5.02 Å². The Morgan fingerprint density at radius 2 is 2.15 bits per heavy atom. The van der Waals surface area contributed by atoms with E-state index in [1.165, 1.54) is 0 Å². The minimum Gasteiger partial charge on any atom is -0.439 e. The summed E-state index contributed by atoms with van der Waals surface area (Å²) in [6.45, 7) is 3.72. The summed E-state index contributed by atoms with van der Waals surface area (Å²) in [6.07, 6.45) is 1.08. The van der Waals surface area contributed by atoms with E-state index in [1.54, 1.807) is 6.07 Å². The standard InChI is InChI=1S/C15H16ClIN2O/c1-2-8-18-10-14-13(16)6-7-15(19-14)20-12-5-3-4-11(17)9-12/h3-7,9,18H,2,8,10H2,1H3. The van der Waals surface area contributed by atoms with E-state index in [0.717, 1.165) is 28.0 Å². The van der Waals surface area contributed by atoms with Crippen LogP contribution in [0.5, 0.6) is 11.6 Å². The van der Waals surface area contributed by atoms with Gasteiger partial charge in [-0.25, -0.2) is 4.98 Å². The van der Waals surface area contributed by atoms with Gasteiger partial charge in [0.25, 0.3) is 0 Å². The van der Waals surface area contributed by atoms with Gasteiger partial charge in [-0.3, -0.25) is 0 Å². The molecule has 2 rings (SSSR count). The van der Waals surface area contributed by atoms with Crippen LogP contribution >= 0.6 is 34.2 Å². The van der Waals surface area contributed by atoms with Crippen molar-refractivity contribution in [2.24, 2.45) is 0 Å². The molecule has 0 saturated carbocycles. The van der Waals surface area contributed by atoms with E-state index in [0.29, 0.717) is 17.4 Å². The zero-order valence-electron chi connectivity index (χ0n) is 11.2. The van der Waals surface area contributed by atoms with Crippen LogP contribution in [0, 0.1) is 3.57 Å². The number of benzene rings is 1. The molecule has 106 valence electrons. The maximum atomic E-state index is 6.14. The van der Waals surface area contributed by atoms with Gasteiger partial charge in [-0.05, 0) is 59.8 Å². The molecule has 1 aromatic carbocycles. The molecule has 3 nitrogen and oxygen atoms in total. The molecule has 2 aromatic rings. The van der Waals surface area contributed by atoms with Gasteiger partial charge in [-0.2, -0.15) is 0 Å². The fourth-order valence-corrected chi connectivity index (χ4v) is 2.37. The number of rotatable bonds is 6. The smallest absolute Gasteiger partial charge is 0.219 e. The van der Waals surface area contributed by atoms with Gasteiger partial charge >= 0.3 is 0 Å². The molecule has 5 heteroatoms. The quantitative estimate of drug-likeness (QED) is 0.565. The summed E-state index contributed by atoms with van der Waals surface area (Å²) in [5, 5.41) is 3.94. The topological polar surface area (TPSA) is 34.2 Å². The van der Waals surface area contributed by atoms with Gasteiger partial charge in [0.2, 0.25) is 5.88 Å². The van der Waals surface area contributed by atoms with Crippen LogP contribution in [0.25, 0.3) is 0 Å². The Morgan fingerprint density at radius 1 is 1.30 bits per heavy atom. The summed E-state index contributed by atoms with van der Waals surface area (Å²) in [6, 6.07) is 11.4. The average Bonchev–Trinajstić information content (AvgIpc) is 2.42. The number of nitrogens with one attached hydrogen (secondary N) is 1. The molecule has 0 radical (unpaired) electrons. The van der Waals surface area contributed by atoms with Gasteiger partial charge < -0.3 is 10.1 Å². The van der Waals surface area contributed by atoms with Crippen molar-refractivity contribution in [2.45, 2.75) is 19.9 Å². The zero-order chi connectivity index (χ0) is 14.4. The molecule has 20 heavy (non-hydrogen) atoms. The highest BCUT2D eigenvalue weighted by Gasteiger charge is 2.06. The van der Waals surface area contributed by atoms with Crippen LogP contribution < -0.4 is 10.1 Å². The highest BCUT2D eigenvalue weighted by molar-refractivity contribution is 14.1. The molecule has 0 atom stereocenters. The molecule has 0 spiro atoms. The van der Waals surface area contributed by atoms with Crippen LogP contribution in [0.3, 0.4) is 0 Å². The lowest BCUT2D eigenvalue weighted by molar-refractivity contribution is 0.459. The Morgan fingerprint density at radius 3 is 2.90 bits per heavy atom. The third-order valence-corrected chi connectivity index (χ3v) is 3.65. The summed E-state index contributed by atoms with van der Waals surface area (Å²) in [4.78, 5) is 4.45. The first kappa shape index (κ1) is 15.5. The molecule has 1 heterocycles. The van der Waals surface area contributed by atoms with Crippen LogP contribution in [0.4, 0.5) is 0 Å². The lowest BCUT2D eigenvalue weighted by Crippen LogP contribution is -2.15. The minimum absolute atomic E-state index is 0.560. The molecule has 0 aliphatic heterocycles. The second-order valence-electron chi connectivity index (χ2n) is 4.31. The van der Waals surface area contributed by atoms with Crippen molar-refractivity contribution in [3.63, 3.8) is 0 Å². The van der Waals surface area contributed by atoms with Gasteiger partial charge in [-0.1, -0.05) is 24.6 Å². The summed E-state index contributed by atoms with van der Waals surface area (Å²) in [5.41, 5.74) is 0.809. The van der Waals surface area contributed by atoms with Crippen molar-refractivity contribution in [2.75, 3.05) is 6.54 Å².